The molecule has 0 saturated carbocycles. The number of carboxylic acids is 1. The van der Waals surface area contributed by atoms with E-state index in [1.54, 1.807) is 0 Å². The van der Waals surface area contributed by atoms with Crippen LogP contribution in [0.15, 0.2) is 48.5 Å². The second kappa shape index (κ2) is 9.61. The Labute approximate surface area is 154 Å². The van der Waals surface area contributed by atoms with E-state index in [2.05, 4.69) is 5.32 Å². The third kappa shape index (κ3) is 6.59. The maximum Gasteiger partial charge on any atom is 0.303 e. The zero-order valence-electron chi connectivity index (χ0n) is 15.2. The molecule has 1 atom stereocenters. The van der Waals surface area contributed by atoms with Crippen LogP contribution >= 0.6 is 0 Å². The van der Waals surface area contributed by atoms with E-state index in [1.165, 1.54) is 5.56 Å². The lowest BCUT2D eigenvalue weighted by molar-refractivity contribution is -0.137. The van der Waals surface area contributed by atoms with Crippen molar-refractivity contribution in [3.05, 3.63) is 65.2 Å². The van der Waals surface area contributed by atoms with Crippen LogP contribution < -0.4 is 10.1 Å². The van der Waals surface area contributed by atoms with Gasteiger partial charge in [-0.2, -0.15) is 0 Å². The molecule has 2 rings (SSSR count). The van der Waals surface area contributed by atoms with E-state index in [-0.39, 0.29) is 24.8 Å². The third-order valence-corrected chi connectivity index (χ3v) is 4.12. The first kappa shape index (κ1) is 19.5. The third-order valence-electron chi connectivity index (χ3n) is 4.12. The number of amides is 1. The summed E-state index contributed by atoms with van der Waals surface area (Å²) in [7, 11) is 0. The molecule has 1 amide bonds. The van der Waals surface area contributed by atoms with Crippen LogP contribution in [0.3, 0.4) is 0 Å². The largest absolute Gasteiger partial charge is 0.489 e. The normalized spacial score (nSPS) is 11.6. The average Bonchev–Trinajstić information content (AvgIpc) is 2.59. The number of ether oxygens (including phenoxy) is 1. The highest BCUT2D eigenvalue weighted by Gasteiger charge is 2.10. The number of nitrogens with one attached hydrogen (secondary N) is 1. The van der Waals surface area contributed by atoms with Crippen LogP contribution in [0.25, 0.3) is 0 Å². The van der Waals surface area contributed by atoms with Crippen molar-refractivity contribution < 1.29 is 19.4 Å². The van der Waals surface area contributed by atoms with Crippen LogP contribution in [0.2, 0.25) is 0 Å². The molecule has 0 aliphatic rings. The summed E-state index contributed by atoms with van der Waals surface area (Å²) in [6.45, 7) is 4.34. The minimum atomic E-state index is -0.857. The van der Waals surface area contributed by atoms with Crippen LogP contribution in [0.4, 0.5) is 0 Å². The Morgan fingerprint density at radius 1 is 1.15 bits per heavy atom. The molecule has 2 N–H and O–H groups in total. The van der Waals surface area contributed by atoms with Gasteiger partial charge >= 0.3 is 5.97 Å². The number of carbonyl (C=O) groups is 2. The number of carboxylic acid groups (broad SMARTS) is 1. The van der Waals surface area contributed by atoms with Gasteiger partial charge in [0.05, 0.1) is 6.42 Å². The molecule has 2 aromatic rings. The molecule has 0 bridgehead atoms. The lowest BCUT2D eigenvalue weighted by Crippen LogP contribution is -2.34. The predicted molar refractivity (Wildman–Crippen MR) is 100 cm³/mol. The number of aliphatic carboxylic acids is 1. The molecule has 0 spiro atoms. The van der Waals surface area contributed by atoms with Crippen molar-refractivity contribution in [1.29, 1.82) is 0 Å². The van der Waals surface area contributed by atoms with Crippen molar-refractivity contribution in [1.82, 2.24) is 5.32 Å². The highest BCUT2D eigenvalue weighted by molar-refractivity contribution is 5.79. The maximum atomic E-state index is 12.1. The van der Waals surface area contributed by atoms with Gasteiger partial charge in [0.2, 0.25) is 5.91 Å². The van der Waals surface area contributed by atoms with Gasteiger partial charge in [-0.3, -0.25) is 9.59 Å². The van der Waals surface area contributed by atoms with E-state index < -0.39 is 5.97 Å². The van der Waals surface area contributed by atoms with Crippen molar-refractivity contribution in [2.75, 3.05) is 0 Å². The van der Waals surface area contributed by atoms with Crippen LogP contribution in [0.5, 0.6) is 5.75 Å². The molecule has 0 aromatic heterocycles. The lowest BCUT2D eigenvalue weighted by atomic mass is 10.1. The second-order valence-corrected chi connectivity index (χ2v) is 6.44. The monoisotopic (exact) mass is 355 g/mol. The lowest BCUT2D eigenvalue weighted by Gasteiger charge is -2.13. The Kier molecular flexibility index (Phi) is 7.21. The van der Waals surface area contributed by atoms with Gasteiger partial charge in [0.25, 0.3) is 0 Å². The van der Waals surface area contributed by atoms with E-state index in [1.807, 2.05) is 62.4 Å². The van der Waals surface area contributed by atoms with Gasteiger partial charge in [-0.25, -0.2) is 0 Å². The molecule has 26 heavy (non-hydrogen) atoms. The van der Waals surface area contributed by atoms with Crippen LogP contribution in [0, 0.1) is 6.92 Å². The van der Waals surface area contributed by atoms with Gasteiger partial charge < -0.3 is 15.2 Å². The zero-order valence-corrected chi connectivity index (χ0v) is 15.2. The fourth-order valence-electron chi connectivity index (χ4n) is 2.60. The predicted octanol–water partition coefficient (Wildman–Crippen LogP) is 3.49. The van der Waals surface area contributed by atoms with E-state index in [0.29, 0.717) is 13.0 Å². The smallest absolute Gasteiger partial charge is 0.303 e. The first-order chi connectivity index (χ1) is 12.4. The standard InChI is InChI=1S/C21H25NO4/c1-15-6-3-4-8-18(15)14-26-19-9-5-7-17(12-19)13-20(23)22-16(2)10-11-21(24)25/h3-9,12,16H,10-11,13-14H2,1-2H3,(H,22,23)(H,24,25). The summed E-state index contributed by atoms with van der Waals surface area (Å²) in [5, 5.41) is 11.5. The van der Waals surface area contributed by atoms with Crippen molar-refractivity contribution in [3.63, 3.8) is 0 Å². The molecule has 138 valence electrons. The number of benzene rings is 2. The molecule has 0 heterocycles. The molecule has 0 radical (unpaired) electrons. The fraction of sp³-hybridized carbons (Fsp3) is 0.333. The molecule has 5 heteroatoms. The molecule has 0 aliphatic heterocycles. The van der Waals surface area contributed by atoms with Gasteiger partial charge in [0, 0.05) is 12.5 Å². The Balaban J connectivity index is 1.87. The van der Waals surface area contributed by atoms with Crippen LogP contribution in [-0.4, -0.2) is 23.0 Å². The van der Waals surface area contributed by atoms with Crippen molar-refractivity contribution in [3.8, 4) is 5.75 Å². The van der Waals surface area contributed by atoms with Gasteiger partial charge in [-0.15, -0.1) is 0 Å². The van der Waals surface area contributed by atoms with Gasteiger partial charge in [0.1, 0.15) is 12.4 Å². The van der Waals surface area contributed by atoms with E-state index in [0.717, 1.165) is 16.9 Å². The summed E-state index contributed by atoms with van der Waals surface area (Å²) in [4.78, 5) is 22.7. The minimum Gasteiger partial charge on any atom is -0.489 e. The van der Waals surface area contributed by atoms with Crippen molar-refractivity contribution in [2.24, 2.45) is 0 Å². The van der Waals surface area contributed by atoms with Gasteiger partial charge in [0.15, 0.2) is 0 Å². The van der Waals surface area contributed by atoms with Crippen LogP contribution in [-0.2, 0) is 22.6 Å². The maximum absolute atomic E-state index is 12.1. The fourth-order valence-corrected chi connectivity index (χ4v) is 2.60. The topological polar surface area (TPSA) is 75.6 Å². The molecule has 0 fully saturated rings. The molecule has 0 saturated heterocycles. The van der Waals surface area contributed by atoms with Gasteiger partial charge in [-0.05, 0) is 49.1 Å². The second-order valence-electron chi connectivity index (χ2n) is 6.44. The summed E-state index contributed by atoms with van der Waals surface area (Å²) in [6.07, 6.45) is 0.698. The highest BCUT2D eigenvalue weighted by atomic mass is 16.5. The summed E-state index contributed by atoms with van der Waals surface area (Å²) in [5.41, 5.74) is 3.16. The number of aryl methyl sites for hydroxylation is 1. The zero-order chi connectivity index (χ0) is 18.9. The number of hydrogen-bond donors (Lipinski definition) is 2. The van der Waals surface area contributed by atoms with Crippen molar-refractivity contribution >= 4 is 11.9 Å². The highest BCUT2D eigenvalue weighted by Crippen LogP contribution is 2.17. The Morgan fingerprint density at radius 2 is 1.92 bits per heavy atom. The quantitative estimate of drug-likeness (QED) is 0.722. The molecule has 2 aromatic carbocycles. The Bertz CT molecular complexity index is 757. The number of rotatable bonds is 9. The minimum absolute atomic E-state index is 0.0453. The SMILES string of the molecule is Cc1ccccc1COc1cccc(CC(=O)NC(C)CCC(=O)O)c1. The Hall–Kier alpha value is -2.82. The van der Waals surface area contributed by atoms with E-state index in [9.17, 15) is 9.59 Å². The number of carbonyl (C=O) groups excluding carboxylic acids is 1. The molecule has 1 unspecified atom stereocenters. The summed E-state index contributed by atoms with van der Waals surface area (Å²) in [6, 6.07) is 15.4. The molecular formula is C21H25NO4. The summed E-state index contributed by atoms with van der Waals surface area (Å²) in [5.74, 6) is -0.263. The van der Waals surface area contributed by atoms with E-state index >= 15 is 0 Å². The van der Waals surface area contributed by atoms with Gasteiger partial charge in [-0.1, -0.05) is 36.4 Å². The first-order valence-corrected chi connectivity index (χ1v) is 8.71. The van der Waals surface area contributed by atoms with Crippen LogP contribution in [0.1, 0.15) is 36.5 Å². The summed E-state index contributed by atoms with van der Waals surface area (Å²) < 4.78 is 5.84. The number of hydrogen-bond acceptors (Lipinski definition) is 3. The molecule has 0 aliphatic carbocycles. The molecule has 5 nitrogen and oxygen atoms in total. The molecular weight excluding hydrogens is 330 g/mol. The summed E-state index contributed by atoms with van der Waals surface area (Å²) >= 11 is 0. The van der Waals surface area contributed by atoms with E-state index in [4.69, 9.17) is 9.84 Å². The Morgan fingerprint density at radius 3 is 2.65 bits per heavy atom. The first-order valence-electron chi connectivity index (χ1n) is 8.71. The average molecular weight is 355 g/mol. The van der Waals surface area contributed by atoms with Crippen molar-refractivity contribution in [2.45, 2.75) is 45.8 Å².